The summed E-state index contributed by atoms with van der Waals surface area (Å²) in [6.07, 6.45) is 1.06. The maximum atomic E-state index is 12.8. The van der Waals surface area contributed by atoms with Gasteiger partial charge in [-0.25, -0.2) is 17.5 Å². The first kappa shape index (κ1) is 11.6. The van der Waals surface area contributed by atoms with Gasteiger partial charge in [0.1, 0.15) is 5.82 Å². The molecule has 0 bridgehead atoms. The van der Waals surface area contributed by atoms with Gasteiger partial charge >= 0.3 is 0 Å². The summed E-state index contributed by atoms with van der Waals surface area (Å²) in [6, 6.07) is 4.24. The van der Waals surface area contributed by atoms with Crippen LogP contribution in [0.4, 0.5) is 4.39 Å². The first-order valence-electron chi connectivity index (χ1n) is 3.76. The van der Waals surface area contributed by atoms with E-state index in [0.717, 1.165) is 6.26 Å². The smallest absolute Gasteiger partial charge is 0.209 e. The van der Waals surface area contributed by atoms with Crippen LogP contribution < -0.4 is 4.72 Å². The van der Waals surface area contributed by atoms with Gasteiger partial charge < -0.3 is 0 Å². The van der Waals surface area contributed by atoms with Gasteiger partial charge in [0, 0.05) is 11.0 Å². The van der Waals surface area contributed by atoms with E-state index in [4.69, 9.17) is 0 Å². The summed E-state index contributed by atoms with van der Waals surface area (Å²) in [7, 11) is -3.24. The first-order valence-corrected chi connectivity index (χ1v) is 6.45. The van der Waals surface area contributed by atoms with Gasteiger partial charge in [-0.05, 0) is 23.8 Å². The van der Waals surface area contributed by atoms with Crippen LogP contribution in [0.1, 0.15) is 5.56 Å². The number of sulfonamides is 1. The molecule has 0 aliphatic carbocycles. The van der Waals surface area contributed by atoms with Gasteiger partial charge in [0.2, 0.25) is 10.0 Å². The molecule has 1 aromatic carbocycles. The minimum absolute atomic E-state index is 0.0925. The lowest BCUT2D eigenvalue weighted by Crippen LogP contribution is -2.21. The summed E-state index contributed by atoms with van der Waals surface area (Å²) >= 11 is 3.12. The van der Waals surface area contributed by atoms with E-state index in [2.05, 4.69) is 20.7 Å². The lowest BCUT2D eigenvalue weighted by atomic mass is 10.2. The summed E-state index contributed by atoms with van der Waals surface area (Å²) in [5.41, 5.74) is 0.572. The summed E-state index contributed by atoms with van der Waals surface area (Å²) in [6.45, 7) is 0.0925. The molecule has 0 spiro atoms. The van der Waals surface area contributed by atoms with Crippen LogP contribution in [0.2, 0.25) is 0 Å². The van der Waals surface area contributed by atoms with E-state index in [1.165, 1.54) is 12.1 Å². The van der Waals surface area contributed by atoms with Crippen LogP contribution >= 0.6 is 15.9 Å². The Hall–Kier alpha value is -0.460. The minimum atomic E-state index is -3.24. The Labute approximate surface area is 90.5 Å². The van der Waals surface area contributed by atoms with E-state index in [-0.39, 0.29) is 6.54 Å². The molecule has 0 saturated heterocycles. The average molecular weight is 282 g/mol. The molecule has 0 atom stereocenters. The molecule has 0 amide bonds. The molecular formula is C8H9BrFNO2S. The quantitative estimate of drug-likeness (QED) is 0.916. The van der Waals surface area contributed by atoms with Crippen molar-refractivity contribution in [3.63, 3.8) is 0 Å². The molecule has 0 unspecified atom stereocenters. The second-order valence-electron chi connectivity index (χ2n) is 2.87. The predicted octanol–water partition coefficient (Wildman–Crippen LogP) is 1.64. The molecule has 0 aliphatic heterocycles. The Kier molecular flexibility index (Phi) is 3.63. The molecule has 6 heteroatoms. The van der Waals surface area contributed by atoms with Crippen LogP contribution in [0.15, 0.2) is 22.7 Å². The SMILES string of the molecule is CS(=O)(=O)NCc1cc(F)cc(Br)c1. The summed E-state index contributed by atoms with van der Waals surface area (Å²) in [4.78, 5) is 0. The molecule has 0 radical (unpaired) electrons. The average Bonchev–Trinajstić information content (AvgIpc) is 1.97. The molecule has 0 fully saturated rings. The predicted molar refractivity (Wildman–Crippen MR) is 55.8 cm³/mol. The van der Waals surface area contributed by atoms with Crippen LogP contribution in [0, 0.1) is 5.82 Å². The van der Waals surface area contributed by atoms with Crippen molar-refractivity contribution in [2.24, 2.45) is 0 Å². The van der Waals surface area contributed by atoms with Gasteiger partial charge in [-0.1, -0.05) is 15.9 Å². The van der Waals surface area contributed by atoms with Crippen LogP contribution in [0.3, 0.4) is 0 Å². The van der Waals surface area contributed by atoms with Crippen molar-refractivity contribution in [3.8, 4) is 0 Å². The Morgan fingerprint density at radius 2 is 2.07 bits per heavy atom. The van der Waals surface area contributed by atoms with Crippen LogP contribution in [-0.2, 0) is 16.6 Å². The topological polar surface area (TPSA) is 46.2 Å². The highest BCUT2D eigenvalue weighted by Gasteiger charge is 2.03. The lowest BCUT2D eigenvalue weighted by molar-refractivity contribution is 0.586. The van der Waals surface area contributed by atoms with E-state index < -0.39 is 15.8 Å². The number of nitrogens with one attached hydrogen (secondary N) is 1. The molecule has 1 N–H and O–H groups in total. The molecule has 0 saturated carbocycles. The van der Waals surface area contributed by atoms with Crippen molar-refractivity contribution >= 4 is 26.0 Å². The Bertz CT molecular complexity index is 413. The molecule has 14 heavy (non-hydrogen) atoms. The second kappa shape index (κ2) is 4.37. The van der Waals surface area contributed by atoms with E-state index in [1.807, 2.05) is 0 Å². The molecule has 3 nitrogen and oxygen atoms in total. The van der Waals surface area contributed by atoms with Crippen molar-refractivity contribution < 1.29 is 12.8 Å². The number of benzene rings is 1. The zero-order valence-electron chi connectivity index (χ0n) is 7.42. The minimum Gasteiger partial charge on any atom is -0.213 e. The van der Waals surface area contributed by atoms with Crippen LogP contribution in [0.5, 0.6) is 0 Å². The normalized spacial score (nSPS) is 11.6. The van der Waals surface area contributed by atoms with Crippen LogP contribution in [-0.4, -0.2) is 14.7 Å². The number of hydrogen-bond donors (Lipinski definition) is 1. The van der Waals surface area contributed by atoms with Crippen molar-refractivity contribution in [1.29, 1.82) is 0 Å². The maximum Gasteiger partial charge on any atom is 0.209 e. The third kappa shape index (κ3) is 4.17. The highest BCUT2D eigenvalue weighted by atomic mass is 79.9. The molecule has 1 aromatic rings. The second-order valence-corrected chi connectivity index (χ2v) is 5.62. The van der Waals surface area contributed by atoms with Crippen molar-refractivity contribution in [1.82, 2.24) is 4.72 Å². The van der Waals surface area contributed by atoms with Gasteiger partial charge in [0.05, 0.1) is 6.26 Å². The fraction of sp³-hybridized carbons (Fsp3) is 0.250. The van der Waals surface area contributed by atoms with E-state index in [9.17, 15) is 12.8 Å². The summed E-state index contributed by atoms with van der Waals surface area (Å²) in [5.74, 6) is -0.398. The van der Waals surface area contributed by atoms with Gasteiger partial charge in [0.15, 0.2) is 0 Å². The molecule has 0 aromatic heterocycles. The largest absolute Gasteiger partial charge is 0.213 e. The molecule has 1 rings (SSSR count). The third-order valence-corrected chi connectivity index (χ3v) is 2.59. The molecular weight excluding hydrogens is 273 g/mol. The van der Waals surface area contributed by atoms with Gasteiger partial charge in [-0.2, -0.15) is 0 Å². The van der Waals surface area contributed by atoms with Crippen LogP contribution in [0.25, 0.3) is 0 Å². The number of halogens is 2. The van der Waals surface area contributed by atoms with E-state index in [1.54, 1.807) is 6.07 Å². The van der Waals surface area contributed by atoms with E-state index in [0.29, 0.717) is 10.0 Å². The summed E-state index contributed by atoms with van der Waals surface area (Å²) < 4.78 is 37.2. The highest BCUT2D eigenvalue weighted by molar-refractivity contribution is 9.10. The fourth-order valence-corrected chi connectivity index (χ4v) is 1.87. The number of rotatable bonds is 3. The molecule has 78 valence electrons. The fourth-order valence-electron chi connectivity index (χ4n) is 0.927. The van der Waals surface area contributed by atoms with Crippen molar-refractivity contribution in [3.05, 3.63) is 34.1 Å². The lowest BCUT2D eigenvalue weighted by Gasteiger charge is -2.03. The van der Waals surface area contributed by atoms with Gasteiger partial charge in [-0.15, -0.1) is 0 Å². The van der Waals surface area contributed by atoms with E-state index >= 15 is 0 Å². The Morgan fingerprint density at radius 3 is 2.57 bits per heavy atom. The summed E-state index contributed by atoms with van der Waals surface area (Å²) in [5, 5.41) is 0. The van der Waals surface area contributed by atoms with Crippen molar-refractivity contribution in [2.75, 3.05) is 6.26 Å². The van der Waals surface area contributed by atoms with Gasteiger partial charge in [-0.3, -0.25) is 0 Å². The molecule has 0 heterocycles. The number of hydrogen-bond acceptors (Lipinski definition) is 2. The Balaban J connectivity index is 2.78. The Morgan fingerprint density at radius 1 is 1.43 bits per heavy atom. The first-order chi connectivity index (χ1) is 6.37. The zero-order valence-corrected chi connectivity index (χ0v) is 9.82. The van der Waals surface area contributed by atoms with Crippen molar-refractivity contribution in [2.45, 2.75) is 6.54 Å². The zero-order chi connectivity index (χ0) is 10.8. The monoisotopic (exact) mass is 281 g/mol. The standard InChI is InChI=1S/C8H9BrFNO2S/c1-14(12,13)11-5-6-2-7(9)4-8(10)3-6/h2-4,11H,5H2,1H3. The highest BCUT2D eigenvalue weighted by Crippen LogP contribution is 2.14. The third-order valence-electron chi connectivity index (χ3n) is 1.46. The van der Waals surface area contributed by atoms with Gasteiger partial charge in [0.25, 0.3) is 0 Å². The molecule has 0 aliphatic rings. The maximum absolute atomic E-state index is 12.8.